The number of aromatic carboxylic acids is 1. The van der Waals surface area contributed by atoms with Crippen molar-refractivity contribution in [3.63, 3.8) is 0 Å². The summed E-state index contributed by atoms with van der Waals surface area (Å²) in [6, 6.07) is 4.24. The molecule has 0 bridgehead atoms. The molecule has 0 saturated heterocycles. The second kappa shape index (κ2) is 4.88. The fourth-order valence-electron chi connectivity index (χ4n) is 1.08. The van der Waals surface area contributed by atoms with Gasteiger partial charge in [-0.1, -0.05) is 5.11 Å². The van der Waals surface area contributed by atoms with E-state index in [1.54, 1.807) is 6.92 Å². The minimum atomic E-state index is -1.12. The number of carbonyl (C=O) groups is 1. The van der Waals surface area contributed by atoms with Gasteiger partial charge < -0.3 is 9.84 Å². The third-order valence-electron chi connectivity index (χ3n) is 1.65. The number of carboxylic acid groups (broad SMARTS) is 1. The Morgan fingerprint density at radius 2 is 2.40 bits per heavy atom. The van der Waals surface area contributed by atoms with Gasteiger partial charge in [0.2, 0.25) is 0 Å². The number of azide groups is 1. The molecular formula is C9H9N3O3. The van der Waals surface area contributed by atoms with E-state index >= 15 is 0 Å². The molecule has 0 aliphatic rings. The van der Waals surface area contributed by atoms with Crippen LogP contribution >= 0.6 is 0 Å². The average molecular weight is 207 g/mol. The monoisotopic (exact) mass is 207 g/mol. The van der Waals surface area contributed by atoms with Crippen molar-refractivity contribution in [2.75, 3.05) is 6.61 Å². The molecule has 0 saturated carbocycles. The van der Waals surface area contributed by atoms with Crippen LogP contribution in [-0.4, -0.2) is 17.7 Å². The second-order valence-corrected chi connectivity index (χ2v) is 2.61. The largest absolute Gasteiger partial charge is 0.493 e. The number of benzene rings is 1. The standard InChI is InChI=1S/C9H9N3O3/c1-2-15-8-4-3-6(11-12-10)5-7(8)9(13)14/h3-5H,2H2,1H3,(H,13,14). The van der Waals surface area contributed by atoms with E-state index in [9.17, 15) is 4.79 Å². The van der Waals surface area contributed by atoms with E-state index in [-0.39, 0.29) is 17.0 Å². The lowest BCUT2D eigenvalue weighted by molar-refractivity contribution is 0.0692. The molecule has 0 aliphatic carbocycles. The highest BCUT2D eigenvalue weighted by atomic mass is 16.5. The van der Waals surface area contributed by atoms with Crippen LogP contribution in [0.15, 0.2) is 23.3 Å². The molecule has 0 spiro atoms. The van der Waals surface area contributed by atoms with Crippen molar-refractivity contribution in [2.45, 2.75) is 6.92 Å². The summed E-state index contributed by atoms with van der Waals surface area (Å²) in [5, 5.41) is 12.2. The predicted octanol–water partition coefficient (Wildman–Crippen LogP) is 2.73. The first-order chi connectivity index (χ1) is 7.19. The van der Waals surface area contributed by atoms with Gasteiger partial charge in [-0.05, 0) is 30.7 Å². The van der Waals surface area contributed by atoms with Gasteiger partial charge in [0.15, 0.2) is 0 Å². The smallest absolute Gasteiger partial charge is 0.339 e. The zero-order valence-corrected chi connectivity index (χ0v) is 8.04. The number of hydrogen-bond donors (Lipinski definition) is 1. The van der Waals surface area contributed by atoms with Gasteiger partial charge >= 0.3 is 5.97 Å². The van der Waals surface area contributed by atoms with E-state index in [1.165, 1.54) is 18.2 Å². The first-order valence-corrected chi connectivity index (χ1v) is 4.24. The van der Waals surface area contributed by atoms with Crippen LogP contribution in [0.25, 0.3) is 10.4 Å². The fourth-order valence-corrected chi connectivity index (χ4v) is 1.08. The van der Waals surface area contributed by atoms with Crippen LogP contribution in [0, 0.1) is 0 Å². The minimum Gasteiger partial charge on any atom is -0.493 e. The third kappa shape index (κ3) is 2.62. The number of nitrogens with zero attached hydrogens (tertiary/aromatic N) is 3. The zero-order chi connectivity index (χ0) is 11.3. The lowest BCUT2D eigenvalue weighted by Gasteiger charge is -2.06. The van der Waals surface area contributed by atoms with Gasteiger partial charge in [0, 0.05) is 10.6 Å². The quantitative estimate of drug-likeness (QED) is 0.467. The van der Waals surface area contributed by atoms with Gasteiger partial charge in [-0.2, -0.15) is 0 Å². The molecule has 1 rings (SSSR count). The molecule has 1 N–H and O–H groups in total. The maximum Gasteiger partial charge on any atom is 0.339 e. The molecule has 0 atom stereocenters. The Kier molecular flexibility index (Phi) is 3.54. The lowest BCUT2D eigenvalue weighted by atomic mass is 10.2. The minimum absolute atomic E-state index is 0.0123. The number of carboxylic acids is 1. The summed E-state index contributed by atoms with van der Waals surface area (Å²) in [5.74, 6) is -0.852. The van der Waals surface area contributed by atoms with Crippen molar-refractivity contribution in [1.29, 1.82) is 0 Å². The van der Waals surface area contributed by atoms with Crippen LogP contribution in [0.3, 0.4) is 0 Å². The first kappa shape index (κ1) is 10.9. The van der Waals surface area contributed by atoms with Gasteiger partial charge in [0.1, 0.15) is 11.3 Å². The Labute approximate surface area is 85.7 Å². The van der Waals surface area contributed by atoms with Crippen LogP contribution < -0.4 is 4.74 Å². The fraction of sp³-hybridized carbons (Fsp3) is 0.222. The van der Waals surface area contributed by atoms with Crippen LogP contribution in [0.5, 0.6) is 5.75 Å². The van der Waals surface area contributed by atoms with E-state index in [2.05, 4.69) is 10.0 Å². The molecule has 0 aliphatic heterocycles. The van der Waals surface area contributed by atoms with Crippen molar-refractivity contribution < 1.29 is 14.6 Å². The predicted molar refractivity (Wildman–Crippen MR) is 53.4 cm³/mol. The third-order valence-corrected chi connectivity index (χ3v) is 1.65. The molecule has 0 fully saturated rings. The van der Waals surface area contributed by atoms with Crippen molar-refractivity contribution in [3.05, 3.63) is 34.2 Å². The lowest BCUT2D eigenvalue weighted by Crippen LogP contribution is -2.02. The van der Waals surface area contributed by atoms with Gasteiger partial charge in [0.25, 0.3) is 0 Å². The van der Waals surface area contributed by atoms with Crippen molar-refractivity contribution >= 4 is 11.7 Å². The summed E-state index contributed by atoms with van der Waals surface area (Å²) in [6.45, 7) is 2.13. The van der Waals surface area contributed by atoms with E-state index in [4.69, 9.17) is 15.4 Å². The molecule has 78 valence electrons. The number of ether oxygens (including phenoxy) is 1. The summed E-state index contributed by atoms with van der Waals surface area (Å²) in [5.41, 5.74) is 8.44. The topological polar surface area (TPSA) is 95.3 Å². The van der Waals surface area contributed by atoms with Crippen LogP contribution in [0.2, 0.25) is 0 Å². The Balaban J connectivity index is 3.19. The SMILES string of the molecule is CCOc1ccc(N=[N+]=[N-])cc1C(=O)O. The Hall–Kier alpha value is -2.20. The zero-order valence-electron chi connectivity index (χ0n) is 8.04. The Morgan fingerprint density at radius 1 is 1.67 bits per heavy atom. The highest BCUT2D eigenvalue weighted by Gasteiger charge is 2.11. The van der Waals surface area contributed by atoms with E-state index < -0.39 is 5.97 Å². The molecule has 6 heteroatoms. The molecule has 6 nitrogen and oxygen atoms in total. The van der Waals surface area contributed by atoms with E-state index in [0.717, 1.165) is 0 Å². The molecule has 0 amide bonds. The summed E-state index contributed by atoms with van der Waals surface area (Å²) < 4.78 is 5.12. The van der Waals surface area contributed by atoms with Crippen LogP contribution in [-0.2, 0) is 0 Å². The van der Waals surface area contributed by atoms with Gasteiger partial charge in [-0.3, -0.25) is 0 Å². The normalized spacial score (nSPS) is 9.13. The van der Waals surface area contributed by atoms with Crippen LogP contribution in [0.4, 0.5) is 5.69 Å². The molecule has 0 unspecified atom stereocenters. The van der Waals surface area contributed by atoms with E-state index in [0.29, 0.717) is 6.61 Å². The molecule has 15 heavy (non-hydrogen) atoms. The molecule has 1 aromatic rings. The van der Waals surface area contributed by atoms with Gasteiger partial charge in [-0.25, -0.2) is 4.79 Å². The van der Waals surface area contributed by atoms with E-state index in [1.807, 2.05) is 0 Å². The number of hydrogen-bond acceptors (Lipinski definition) is 3. The molecule has 0 aromatic heterocycles. The molecule has 0 heterocycles. The Bertz CT molecular complexity index is 425. The summed E-state index contributed by atoms with van der Waals surface area (Å²) in [4.78, 5) is 13.4. The van der Waals surface area contributed by atoms with Gasteiger partial charge in [-0.15, -0.1) is 0 Å². The molecule has 1 aromatic carbocycles. The summed E-state index contributed by atoms with van der Waals surface area (Å²) in [6.07, 6.45) is 0. The molecular weight excluding hydrogens is 198 g/mol. The average Bonchev–Trinajstić information content (AvgIpc) is 2.21. The summed E-state index contributed by atoms with van der Waals surface area (Å²) >= 11 is 0. The van der Waals surface area contributed by atoms with Crippen molar-refractivity contribution in [1.82, 2.24) is 0 Å². The van der Waals surface area contributed by atoms with Crippen molar-refractivity contribution in [3.8, 4) is 5.75 Å². The second-order valence-electron chi connectivity index (χ2n) is 2.61. The van der Waals surface area contributed by atoms with Crippen LogP contribution in [0.1, 0.15) is 17.3 Å². The highest BCUT2D eigenvalue weighted by Crippen LogP contribution is 2.24. The van der Waals surface area contributed by atoms with Crippen molar-refractivity contribution in [2.24, 2.45) is 5.11 Å². The Morgan fingerprint density at radius 3 is 2.93 bits per heavy atom. The first-order valence-electron chi connectivity index (χ1n) is 4.24. The maximum absolute atomic E-state index is 10.8. The summed E-state index contributed by atoms with van der Waals surface area (Å²) in [7, 11) is 0. The van der Waals surface area contributed by atoms with Gasteiger partial charge in [0.05, 0.1) is 6.61 Å². The number of rotatable bonds is 4. The highest BCUT2D eigenvalue weighted by molar-refractivity contribution is 5.91. The maximum atomic E-state index is 10.8. The molecule has 0 radical (unpaired) electrons.